The van der Waals surface area contributed by atoms with Crippen LogP contribution < -0.4 is 4.90 Å². The van der Waals surface area contributed by atoms with Crippen LogP contribution in [0.1, 0.15) is 18.9 Å². The van der Waals surface area contributed by atoms with Gasteiger partial charge in [0.15, 0.2) is 0 Å². The number of halogens is 3. The van der Waals surface area contributed by atoms with Crippen molar-refractivity contribution in [3.8, 4) is 0 Å². The number of hydrogen-bond donors (Lipinski definition) is 0. The van der Waals surface area contributed by atoms with Crippen LogP contribution in [-0.4, -0.2) is 61.8 Å². The summed E-state index contributed by atoms with van der Waals surface area (Å²) in [6, 6.07) is 11.8. The molecule has 0 bridgehead atoms. The predicted octanol–water partition coefficient (Wildman–Crippen LogP) is 5.47. The third-order valence-corrected chi connectivity index (χ3v) is 6.84. The quantitative estimate of drug-likeness (QED) is 0.585. The lowest BCUT2D eigenvalue weighted by molar-refractivity contribution is -0.137. The highest BCUT2D eigenvalue weighted by atomic mass is 32.2. The van der Waals surface area contributed by atoms with Gasteiger partial charge >= 0.3 is 12.3 Å². The summed E-state index contributed by atoms with van der Waals surface area (Å²) < 4.78 is 45.1. The lowest BCUT2D eigenvalue weighted by Gasteiger charge is -2.36. The Labute approximate surface area is 190 Å². The molecule has 5 nitrogen and oxygen atoms in total. The van der Waals surface area contributed by atoms with Gasteiger partial charge in [-0.2, -0.15) is 13.2 Å². The molecule has 0 saturated carbocycles. The van der Waals surface area contributed by atoms with Crippen molar-refractivity contribution in [3.05, 3.63) is 48.0 Å². The number of nitrogens with zero attached hydrogens (tertiary/aromatic N) is 3. The molecule has 2 aliphatic rings. The van der Waals surface area contributed by atoms with E-state index < -0.39 is 11.7 Å². The molecule has 0 radical (unpaired) electrons. The van der Waals surface area contributed by atoms with E-state index in [1.165, 1.54) is 17.8 Å². The van der Waals surface area contributed by atoms with Crippen molar-refractivity contribution in [2.45, 2.75) is 29.3 Å². The minimum absolute atomic E-state index is 0.272. The lowest BCUT2D eigenvalue weighted by Crippen LogP contribution is -2.49. The number of hydrogen-bond acceptors (Lipinski definition) is 5. The number of amides is 1. The molecule has 2 aliphatic heterocycles. The average molecular weight is 466 g/mol. The molecule has 0 spiro atoms. The van der Waals surface area contributed by atoms with Crippen molar-refractivity contribution in [1.29, 1.82) is 0 Å². The van der Waals surface area contributed by atoms with Gasteiger partial charge in [0.05, 0.1) is 23.5 Å². The molecule has 172 valence electrons. The average Bonchev–Trinajstić information content (AvgIpc) is 2.78. The molecule has 0 atom stereocenters. The number of para-hydroxylation sites is 1. The van der Waals surface area contributed by atoms with Gasteiger partial charge in [0.1, 0.15) is 0 Å². The third-order valence-electron chi connectivity index (χ3n) is 5.71. The lowest BCUT2D eigenvalue weighted by atomic mass is 10.1. The number of alkyl halides is 3. The molecule has 32 heavy (non-hydrogen) atoms. The number of piperazine rings is 1. The van der Waals surface area contributed by atoms with Crippen LogP contribution in [0.15, 0.2) is 52.3 Å². The molecule has 2 heterocycles. The molecule has 2 aromatic rings. The van der Waals surface area contributed by atoms with Crippen LogP contribution in [0.25, 0.3) is 0 Å². The number of carbonyl (C=O) groups is 1. The first-order chi connectivity index (χ1) is 15.4. The molecule has 1 saturated heterocycles. The highest BCUT2D eigenvalue weighted by Crippen LogP contribution is 2.49. The topological polar surface area (TPSA) is 36.0 Å². The van der Waals surface area contributed by atoms with E-state index in [0.29, 0.717) is 31.9 Å². The van der Waals surface area contributed by atoms with E-state index in [0.717, 1.165) is 47.6 Å². The second-order valence-corrected chi connectivity index (χ2v) is 8.87. The van der Waals surface area contributed by atoms with Crippen molar-refractivity contribution < 1.29 is 22.7 Å². The van der Waals surface area contributed by atoms with E-state index in [9.17, 15) is 18.0 Å². The minimum Gasteiger partial charge on any atom is -0.450 e. The first kappa shape index (κ1) is 22.8. The summed E-state index contributed by atoms with van der Waals surface area (Å²) >= 11 is 1.51. The summed E-state index contributed by atoms with van der Waals surface area (Å²) in [4.78, 5) is 19.7. The molecule has 1 amide bonds. The van der Waals surface area contributed by atoms with E-state index >= 15 is 0 Å². The van der Waals surface area contributed by atoms with E-state index in [1.54, 1.807) is 17.9 Å². The molecule has 9 heteroatoms. The fourth-order valence-corrected chi connectivity index (χ4v) is 5.14. The van der Waals surface area contributed by atoms with Crippen molar-refractivity contribution in [1.82, 2.24) is 9.80 Å². The van der Waals surface area contributed by atoms with Gasteiger partial charge in [0, 0.05) is 42.5 Å². The second kappa shape index (κ2) is 9.62. The van der Waals surface area contributed by atoms with E-state index in [2.05, 4.69) is 4.90 Å². The van der Waals surface area contributed by atoms with Crippen LogP contribution in [0.5, 0.6) is 0 Å². The van der Waals surface area contributed by atoms with Gasteiger partial charge in [0.2, 0.25) is 0 Å². The number of rotatable bonds is 5. The van der Waals surface area contributed by atoms with E-state index in [4.69, 9.17) is 4.74 Å². The van der Waals surface area contributed by atoms with Gasteiger partial charge < -0.3 is 14.5 Å². The Balaban J connectivity index is 1.43. The van der Waals surface area contributed by atoms with Crippen LogP contribution >= 0.6 is 11.8 Å². The predicted molar refractivity (Wildman–Crippen MR) is 119 cm³/mol. The van der Waals surface area contributed by atoms with Gasteiger partial charge in [-0.25, -0.2) is 4.79 Å². The third kappa shape index (κ3) is 4.99. The summed E-state index contributed by atoms with van der Waals surface area (Å²) in [6.07, 6.45) is -3.85. The summed E-state index contributed by atoms with van der Waals surface area (Å²) in [5.41, 5.74) is 0.920. The molecule has 0 aromatic heterocycles. The van der Waals surface area contributed by atoms with Crippen molar-refractivity contribution in [2.75, 3.05) is 50.8 Å². The Hall–Kier alpha value is -2.39. The number of anilines is 2. The Bertz CT molecular complexity index is 962. The normalized spacial score (nSPS) is 16.5. The number of ether oxygens (including phenoxy) is 1. The maximum atomic E-state index is 13.3. The molecular weight excluding hydrogens is 439 g/mol. The largest absolute Gasteiger partial charge is 0.450 e. The Morgan fingerprint density at radius 1 is 1.00 bits per heavy atom. The highest BCUT2D eigenvalue weighted by molar-refractivity contribution is 7.99. The summed E-state index contributed by atoms with van der Waals surface area (Å²) in [5.74, 6) is 0. The zero-order valence-electron chi connectivity index (χ0n) is 17.9. The molecule has 0 N–H and O–H groups in total. The van der Waals surface area contributed by atoms with Crippen molar-refractivity contribution >= 4 is 29.2 Å². The number of fused-ring (bicyclic) bond motifs is 2. The summed E-state index contributed by atoms with van der Waals surface area (Å²) in [7, 11) is 0. The molecular formula is C23H26F3N3O2S. The van der Waals surface area contributed by atoms with Gasteiger partial charge in [0.25, 0.3) is 0 Å². The molecule has 4 rings (SSSR count). The monoisotopic (exact) mass is 465 g/mol. The zero-order valence-corrected chi connectivity index (χ0v) is 18.7. The zero-order chi connectivity index (χ0) is 22.7. The van der Waals surface area contributed by atoms with Crippen LogP contribution in [0, 0.1) is 0 Å². The molecule has 0 aliphatic carbocycles. The molecule has 0 unspecified atom stereocenters. The Morgan fingerprint density at radius 3 is 2.44 bits per heavy atom. The fraction of sp³-hybridized carbons (Fsp3) is 0.435. The van der Waals surface area contributed by atoms with Crippen LogP contribution in [-0.2, 0) is 10.9 Å². The van der Waals surface area contributed by atoms with Gasteiger partial charge in [-0.1, -0.05) is 23.9 Å². The highest BCUT2D eigenvalue weighted by Gasteiger charge is 2.33. The van der Waals surface area contributed by atoms with Crippen molar-refractivity contribution in [3.63, 3.8) is 0 Å². The maximum Gasteiger partial charge on any atom is 0.416 e. The minimum atomic E-state index is -4.37. The first-order valence-electron chi connectivity index (χ1n) is 10.8. The first-order valence-corrected chi connectivity index (χ1v) is 11.6. The van der Waals surface area contributed by atoms with Crippen molar-refractivity contribution in [2.24, 2.45) is 0 Å². The second-order valence-electron chi connectivity index (χ2n) is 7.78. The Kier molecular flexibility index (Phi) is 6.85. The van der Waals surface area contributed by atoms with Crippen LogP contribution in [0.3, 0.4) is 0 Å². The maximum absolute atomic E-state index is 13.3. The standard InChI is InChI=1S/C23H26F3N3O2S/c1-2-31-22(30)28-14-12-27(13-15-28)10-5-11-29-18-6-3-4-7-20(18)32-21-9-8-17(16-19(21)29)23(24,25)26/h3-4,6-9,16H,2,5,10-15H2,1H3. The van der Waals surface area contributed by atoms with Gasteiger partial charge in [-0.05, 0) is 50.2 Å². The van der Waals surface area contributed by atoms with Gasteiger partial charge in [-0.3, -0.25) is 4.90 Å². The summed E-state index contributed by atoms with van der Waals surface area (Å²) in [5, 5.41) is 0. The van der Waals surface area contributed by atoms with E-state index in [-0.39, 0.29) is 6.09 Å². The van der Waals surface area contributed by atoms with Crippen LogP contribution in [0.2, 0.25) is 0 Å². The SMILES string of the molecule is CCOC(=O)N1CCN(CCCN2c3ccccc3Sc3ccc(C(F)(F)F)cc32)CC1. The smallest absolute Gasteiger partial charge is 0.416 e. The van der Waals surface area contributed by atoms with Gasteiger partial charge in [-0.15, -0.1) is 0 Å². The van der Waals surface area contributed by atoms with E-state index in [1.807, 2.05) is 29.2 Å². The number of carbonyl (C=O) groups excluding carboxylic acids is 1. The molecule has 2 aromatic carbocycles. The van der Waals surface area contributed by atoms with Crippen LogP contribution in [0.4, 0.5) is 29.3 Å². The fourth-order valence-electron chi connectivity index (χ4n) is 4.07. The summed E-state index contributed by atoms with van der Waals surface area (Å²) in [6.45, 7) is 6.37. The molecule has 1 fully saturated rings. The number of benzene rings is 2. The Morgan fingerprint density at radius 2 is 1.72 bits per heavy atom.